The van der Waals surface area contributed by atoms with E-state index in [0.717, 1.165) is 11.3 Å². The second-order valence-corrected chi connectivity index (χ2v) is 4.54. The van der Waals surface area contributed by atoms with E-state index in [0.29, 0.717) is 18.9 Å². The van der Waals surface area contributed by atoms with E-state index >= 15 is 0 Å². The van der Waals surface area contributed by atoms with E-state index in [1.54, 1.807) is 18.1 Å². The number of benzene rings is 1. The van der Waals surface area contributed by atoms with Gasteiger partial charge in [0.05, 0.1) is 7.11 Å². The fourth-order valence-electron chi connectivity index (χ4n) is 1.92. The van der Waals surface area contributed by atoms with Crippen LogP contribution in [0.4, 0.5) is 0 Å². The number of carbonyl (C=O) groups excluding carboxylic acids is 1. The summed E-state index contributed by atoms with van der Waals surface area (Å²) in [4.78, 5) is 17.8. The monoisotopic (exact) mass is 301 g/mol. The number of hydrogen-bond acceptors (Lipinski definition) is 5. The van der Waals surface area contributed by atoms with Gasteiger partial charge in [-0.15, -0.1) is 0 Å². The van der Waals surface area contributed by atoms with E-state index in [1.807, 2.05) is 44.2 Å². The van der Waals surface area contributed by atoms with Crippen LogP contribution < -0.4 is 4.74 Å². The van der Waals surface area contributed by atoms with Crippen LogP contribution in [0.25, 0.3) is 12.2 Å². The number of methoxy groups -OCH3 is 1. The lowest BCUT2D eigenvalue weighted by molar-refractivity contribution is 0.0723. The van der Waals surface area contributed by atoms with Crippen LogP contribution >= 0.6 is 0 Å². The molecule has 0 spiro atoms. The first-order valence-corrected chi connectivity index (χ1v) is 7.13. The molecule has 0 bridgehead atoms. The maximum Gasteiger partial charge on any atom is 0.316 e. The minimum absolute atomic E-state index is 0.0121. The molecule has 0 aliphatic rings. The molecule has 6 heteroatoms. The molecule has 22 heavy (non-hydrogen) atoms. The molecule has 2 rings (SSSR count). The van der Waals surface area contributed by atoms with Gasteiger partial charge >= 0.3 is 11.8 Å². The zero-order chi connectivity index (χ0) is 15.9. The largest absolute Gasteiger partial charge is 0.497 e. The Labute approximate surface area is 129 Å². The Morgan fingerprint density at radius 2 is 1.91 bits per heavy atom. The summed E-state index contributed by atoms with van der Waals surface area (Å²) in [5.41, 5.74) is 0.974. The molecule has 1 heterocycles. The fraction of sp³-hybridized carbons (Fsp3) is 0.312. The van der Waals surface area contributed by atoms with Crippen LogP contribution in [0.15, 0.2) is 28.8 Å². The molecule has 0 saturated carbocycles. The van der Waals surface area contributed by atoms with Gasteiger partial charge in [0.15, 0.2) is 5.82 Å². The van der Waals surface area contributed by atoms with Crippen LogP contribution in [0, 0.1) is 0 Å². The molecule has 0 unspecified atom stereocenters. The summed E-state index contributed by atoms with van der Waals surface area (Å²) in [5.74, 6) is 0.926. The summed E-state index contributed by atoms with van der Waals surface area (Å²) in [6, 6.07) is 7.56. The number of ether oxygens (including phenoxy) is 1. The van der Waals surface area contributed by atoms with Crippen molar-refractivity contribution < 1.29 is 14.1 Å². The number of amides is 1. The molecule has 1 aromatic carbocycles. The maximum absolute atomic E-state index is 12.1. The summed E-state index contributed by atoms with van der Waals surface area (Å²) >= 11 is 0. The third kappa shape index (κ3) is 3.72. The molecule has 0 aliphatic carbocycles. The van der Waals surface area contributed by atoms with Gasteiger partial charge < -0.3 is 14.2 Å². The summed E-state index contributed by atoms with van der Waals surface area (Å²) in [6.07, 6.45) is 3.54. The zero-order valence-electron chi connectivity index (χ0n) is 12.9. The van der Waals surface area contributed by atoms with Gasteiger partial charge in [-0.25, -0.2) is 0 Å². The van der Waals surface area contributed by atoms with Crippen molar-refractivity contribution in [1.82, 2.24) is 15.0 Å². The molecule has 0 saturated heterocycles. The number of rotatable bonds is 6. The van der Waals surface area contributed by atoms with E-state index in [4.69, 9.17) is 9.26 Å². The standard InChI is InChI=1S/C16H19N3O3/c1-4-19(5-2)16(20)15-17-14(18-22-15)11-8-12-6-9-13(21-3)10-7-12/h6-11H,4-5H2,1-3H3. The molecule has 1 aromatic heterocycles. The summed E-state index contributed by atoms with van der Waals surface area (Å²) in [7, 11) is 1.62. The molecule has 0 fully saturated rings. The summed E-state index contributed by atoms with van der Waals surface area (Å²) in [6.45, 7) is 5.02. The average molecular weight is 301 g/mol. The summed E-state index contributed by atoms with van der Waals surface area (Å²) in [5, 5.41) is 3.79. The SMILES string of the molecule is CCN(CC)C(=O)c1nc(C=Cc2ccc(OC)cc2)no1. The van der Waals surface area contributed by atoms with E-state index in [2.05, 4.69) is 10.1 Å². The van der Waals surface area contributed by atoms with Crippen LogP contribution in [0.3, 0.4) is 0 Å². The third-order valence-electron chi connectivity index (χ3n) is 3.22. The second-order valence-electron chi connectivity index (χ2n) is 4.54. The van der Waals surface area contributed by atoms with Crippen LogP contribution in [-0.4, -0.2) is 41.1 Å². The Bertz CT molecular complexity index is 643. The second kappa shape index (κ2) is 7.40. The van der Waals surface area contributed by atoms with Crippen LogP contribution in [0.1, 0.15) is 35.9 Å². The first-order chi connectivity index (χ1) is 10.7. The van der Waals surface area contributed by atoms with Gasteiger partial charge in [-0.2, -0.15) is 4.98 Å². The Morgan fingerprint density at radius 1 is 1.23 bits per heavy atom. The lowest BCUT2D eigenvalue weighted by atomic mass is 10.2. The van der Waals surface area contributed by atoms with Crippen molar-refractivity contribution in [3.8, 4) is 5.75 Å². The van der Waals surface area contributed by atoms with Crippen molar-refractivity contribution in [2.45, 2.75) is 13.8 Å². The molecule has 0 aliphatic heterocycles. The van der Waals surface area contributed by atoms with Gasteiger partial charge in [-0.05, 0) is 37.6 Å². The smallest absolute Gasteiger partial charge is 0.316 e. The number of nitrogens with zero attached hydrogens (tertiary/aromatic N) is 3. The van der Waals surface area contributed by atoms with E-state index in [1.165, 1.54) is 0 Å². The predicted octanol–water partition coefficient (Wildman–Crippen LogP) is 2.73. The van der Waals surface area contributed by atoms with E-state index in [-0.39, 0.29) is 11.8 Å². The molecular formula is C16H19N3O3. The lowest BCUT2D eigenvalue weighted by Crippen LogP contribution is -2.30. The minimum Gasteiger partial charge on any atom is -0.497 e. The highest BCUT2D eigenvalue weighted by Crippen LogP contribution is 2.13. The Kier molecular flexibility index (Phi) is 5.30. The van der Waals surface area contributed by atoms with Gasteiger partial charge in [-0.1, -0.05) is 23.4 Å². The minimum atomic E-state index is -0.249. The number of aromatic nitrogens is 2. The van der Waals surface area contributed by atoms with E-state index in [9.17, 15) is 4.79 Å². The summed E-state index contributed by atoms with van der Waals surface area (Å²) < 4.78 is 10.1. The van der Waals surface area contributed by atoms with Crippen LogP contribution in [0.5, 0.6) is 5.75 Å². The van der Waals surface area contributed by atoms with E-state index < -0.39 is 0 Å². The molecule has 6 nitrogen and oxygen atoms in total. The topological polar surface area (TPSA) is 68.5 Å². The Balaban J connectivity index is 2.07. The van der Waals surface area contributed by atoms with Crippen LogP contribution in [-0.2, 0) is 0 Å². The zero-order valence-corrected chi connectivity index (χ0v) is 12.9. The average Bonchev–Trinajstić information content (AvgIpc) is 3.03. The first-order valence-electron chi connectivity index (χ1n) is 7.13. The third-order valence-corrected chi connectivity index (χ3v) is 3.22. The van der Waals surface area contributed by atoms with Gasteiger partial charge in [0.25, 0.3) is 0 Å². The van der Waals surface area contributed by atoms with Gasteiger partial charge in [0.1, 0.15) is 5.75 Å². The quantitative estimate of drug-likeness (QED) is 0.820. The highest BCUT2D eigenvalue weighted by molar-refractivity contribution is 5.89. The maximum atomic E-state index is 12.1. The highest BCUT2D eigenvalue weighted by Gasteiger charge is 2.19. The lowest BCUT2D eigenvalue weighted by Gasteiger charge is -2.15. The molecule has 2 aromatic rings. The van der Waals surface area contributed by atoms with Crippen molar-refractivity contribution >= 4 is 18.1 Å². The highest BCUT2D eigenvalue weighted by atomic mass is 16.5. The molecule has 0 N–H and O–H groups in total. The van der Waals surface area contributed by atoms with Gasteiger partial charge in [-0.3, -0.25) is 4.79 Å². The predicted molar refractivity (Wildman–Crippen MR) is 83.5 cm³/mol. The van der Waals surface area contributed by atoms with Crippen molar-refractivity contribution in [1.29, 1.82) is 0 Å². The number of carbonyl (C=O) groups is 1. The van der Waals surface area contributed by atoms with Crippen molar-refractivity contribution in [2.24, 2.45) is 0 Å². The Morgan fingerprint density at radius 3 is 2.50 bits per heavy atom. The van der Waals surface area contributed by atoms with Crippen molar-refractivity contribution in [3.63, 3.8) is 0 Å². The molecule has 0 radical (unpaired) electrons. The van der Waals surface area contributed by atoms with Gasteiger partial charge in [0, 0.05) is 13.1 Å². The molecule has 1 amide bonds. The van der Waals surface area contributed by atoms with Gasteiger partial charge in [0.2, 0.25) is 0 Å². The molecule has 116 valence electrons. The van der Waals surface area contributed by atoms with Crippen molar-refractivity contribution in [2.75, 3.05) is 20.2 Å². The van der Waals surface area contributed by atoms with Crippen molar-refractivity contribution in [3.05, 3.63) is 41.5 Å². The normalized spacial score (nSPS) is 10.9. The fourth-order valence-corrected chi connectivity index (χ4v) is 1.92. The number of hydrogen-bond donors (Lipinski definition) is 0. The molecule has 0 atom stereocenters. The van der Waals surface area contributed by atoms with Crippen LogP contribution in [0.2, 0.25) is 0 Å². The molecular weight excluding hydrogens is 282 g/mol. The first kappa shape index (κ1) is 15.8. The Hall–Kier alpha value is -2.63.